The van der Waals surface area contributed by atoms with Crippen LogP contribution in [0.2, 0.25) is 0 Å². The van der Waals surface area contributed by atoms with E-state index in [1.54, 1.807) is 0 Å². The fraction of sp³-hybridized carbons (Fsp3) is 0.833. The normalized spacial score (nSPS) is 13.6. The molecule has 0 spiro atoms. The van der Waals surface area contributed by atoms with E-state index in [-0.39, 0.29) is 12.7 Å². The van der Waals surface area contributed by atoms with E-state index >= 15 is 0 Å². The summed E-state index contributed by atoms with van der Waals surface area (Å²) in [6, 6.07) is 0. The molecule has 0 fully saturated rings. The number of aliphatic hydroxyl groups is 2. The van der Waals surface area contributed by atoms with Gasteiger partial charge in [-0.1, -0.05) is 25.5 Å². The molecule has 2 nitrogen and oxygen atoms in total. The number of rotatable bonds is 9. The van der Waals surface area contributed by atoms with Crippen LogP contribution in [0.15, 0.2) is 12.2 Å². The average Bonchev–Trinajstić information content (AvgIpc) is 2.21. The van der Waals surface area contributed by atoms with Crippen molar-refractivity contribution >= 4 is 0 Å². The zero-order valence-corrected chi connectivity index (χ0v) is 9.28. The number of aliphatic hydroxyl groups excluding tert-OH is 2. The molecule has 0 saturated heterocycles. The van der Waals surface area contributed by atoms with E-state index in [0.717, 1.165) is 44.9 Å². The number of allylic oxidation sites excluding steroid dienone is 2. The lowest BCUT2D eigenvalue weighted by Gasteiger charge is -2.05. The molecule has 0 amide bonds. The SMILES string of the molecule is CCC(O)CCCCC=CCCCO. The molecule has 0 rings (SSSR count). The minimum atomic E-state index is -0.103. The molecule has 2 N–H and O–H groups in total. The predicted molar refractivity (Wildman–Crippen MR) is 60.2 cm³/mol. The van der Waals surface area contributed by atoms with Crippen LogP contribution in [-0.4, -0.2) is 22.9 Å². The number of unbranched alkanes of at least 4 members (excludes halogenated alkanes) is 3. The maximum absolute atomic E-state index is 9.28. The van der Waals surface area contributed by atoms with Gasteiger partial charge in [-0.3, -0.25) is 0 Å². The van der Waals surface area contributed by atoms with Crippen molar-refractivity contribution in [2.45, 2.75) is 58.0 Å². The van der Waals surface area contributed by atoms with Crippen molar-refractivity contribution < 1.29 is 10.2 Å². The predicted octanol–water partition coefficient (Wildman–Crippen LogP) is 2.65. The van der Waals surface area contributed by atoms with E-state index in [2.05, 4.69) is 12.2 Å². The van der Waals surface area contributed by atoms with Gasteiger partial charge in [-0.25, -0.2) is 0 Å². The van der Waals surface area contributed by atoms with Crippen LogP contribution in [0.25, 0.3) is 0 Å². The van der Waals surface area contributed by atoms with Crippen molar-refractivity contribution in [3.63, 3.8) is 0 Å². The number of hydrogen-bond acceptors (Lipinski definition) is 2. The molecular weight excluding hydrogens is 176 g/mol. The molecule has 1 unspecified atom stereocenters. The van der Waals surface area contributed by atoms with Crippen molar-refractivity contribution in [1.29, 1.82) is 0 Å². The summed E-state index contributed by atoms with van der Waals surface area (Å²) in [5.41, 5.74) is 0. The molecule has 0 aliphatic rings. The molecule has 0 radical (unpaired) electrons. The van der Waals surface area contributed by atoms with Crippen molar-refractivity contribution in [3.05, 3.63) is 12.2 Å². The summed E-state index contributed by atoms with van der Waals surface area (Å²) < 4.78 is 0. The van der Waals surface area contributed by atoms with Crippen LogP contribution in [0.3, 0.4) is 0 Å². The van der Waals surface area contributed by atoms with E-state index in [9.17, 15) is 5.11 Å². The summed E-state index contributed by atoms with van der Waals surface area (Å²) in [5.74, 6) is 0. The van der Waals surface area contributed by atoms with E-state index in [0.29, 0.717) is 0 Å². The Morgan fingerprint density at radius 3 is 2.29 bits per heavy atom. The fourth-order valence-corrected chi connectivity index (χ4v) is 1.29. The molecule has 0 aliphatic carbocycles. The van der Waals surface area contributed by atoms with E-state index in [4.69, 9.17) is 5.11 Å². The molecule has 0 aliphatic heterocycles. The van der Waals surface area contributed by atoms with Crippen LogP contribution in [-0.2, 0) is 0 Å². The molecule has 0 bridgehead atoms. The first-order valence-corrected chi connectivity index (χ1v) is 5.75. The van der Waals surface area contributed by atoms with Gasteiger partial charge in [0.1, 0.15) is 0 Å². The minimum absolute atomic E-state index is 0.103. The summed E-state index contributed by atoms with van der Waals surface area (Å²) in [7, 11) is 0. The van der Waals surface area contributed by atoms with Gasteiger partial charge < -0.3 is 10.2 Å². The Balaban J connectivity index is 3.08. The molecular formula is C12H24O2. The molecule has 14 heavy (non-hydrogen) atoms. The largest absolute Gasteiger partial charge is 0.396 e. The topological polar surface area (TPSA) is 40.5 Å². The van der Waals surface area contributed by atoms with Gasteiger partial charge in [0.15, 0.2) is 0 Å². The average molecular weight is 200 g/mol. The molecule has 0 aromatic heterocycles. The molecule has 0 aromatic rings. The van der Waals surface area contributed by atoms with Crippen LogP contribution in [0.4, 0.5) is 0 Å². The third-order valence-electron chi connectivity index (χ3n) is 2.32. The maximum atomic E-state index is 9.28. The lowest BCUT2D eigenvalue weighted by molar-refractivity contribution is 0.157. The Labute approximate surface area is 87.7 Å². The summed E-state index contributed by atoms with van der Waals surface area (Å²) in [5, 5.41) is 17.8. The fourth-order valence-electron chi connectivity index (χ4n) is 1.29. The van der Waals surface area contributed by atoms with E-state index < -0.39 is 0 Å². The smallest absolute Gasteiger partial charge is 0.0537 e. The first kappa shape index (κ1) is 13.7. The van der Waals surface area contributed by atoms with Crippen molar-refractivity contribution in [2.75, 3.05) is 6.61 Å². The number of hydrogen-bond donors (Lipinski definition) is 2. The molecule has 0 saturated carbocycles. The third kappa shape index (κ3) is 9.75. The second kappa shape index (κ2) is 10.7. The van der Waals surface area contributed by atoms with Crippen molar-refractivity contribution in [1.82, 2.24) is 0 Å². The molecule has 0 aromatic carbocycles. The Hall–Kier alpha value is -0.340. The lowest BCUT2D eigenvalue weighted by atomic mass is 10.1. The van der Waals surface area contributed by atoms with E-state index in [1.807, 2.05) is 6.92 Å². The first-order valence-electron chi connectivity index (χ1n) is 5.75. The Morgan fingerprint density at radius 1 is 1.07 bits per heavy atom. The van der Waals surface area contributed by atoms with Crippen LogP contribution >= 0.6 is 0 Å². The minimum Gasteiger partial charge on any atom is -0.396 e. The standard InChI is InChI=1S/C12H24O2/c1-2-12(14)10-8-6-4-3-5-7-9-11-13/h3,5,12-14H,2,4,6-11H2,1H3. The van der Waals surface area contributed by atoms with Crippen molar-refractivity contribution in [2.24, 2.45) is 0 Å². The van der Waals surface area contributed by atoms with Gasteiger partial charge in [-0.15, -0.1) is 0 Å². The molecule has 0 heterocycles. The second-order valence-corrected chi connectivity index (χ2v) is 3.68. The van der Waals surface area contributed by atoms with Gasteiger partial charge in [-0.05, 0) is 38.5 Å². The van der Waals surface area contributed by atoms with Gasteiger partial charge in [0.05, 0.1) is 6.10 Å². The first-order chi connectivity index (χ1) is 6.81. The molecule has 1 atom stereocenters. The zero-order chi connectivity index (χ0) is 10.6. The zero-order valence-electron chi connectivity index (χ0n) is 9.28. The summed E-state index contributed by atoms with van der Waals surface area (Å²) in [6.07, 6.45) is 11.2. The lowest BCUT2D eigenvalue weighted by Crippen LogP contribution is -2.02. The van der Waals surface area contributed by atoms with Gasteiger partial charge >= 0.3 is 0 Å². The molecule has 84 valence electrons. The monoisotopic (exact) mass is 200 g/mol. The third-order valence-corrected chi connectivity index (χ3v) is 2.32. The second-order valence-electron chi connectivity index (χ2n) is 3.68. The Kier molecular flexibility index (Phi) is 10.5. The van der Waals surface area contributed by atoms with Crippen LogP contribution in [0, 0.1) is 0 Å². The van der Waals surface area contributed by atoms with Gasteiger partial charge in [0.2, 0.25) is 0 Å². The van der Waals surface area contributed by atoms with Crippen LogP contribution in [0.1, 0.15) is 51.9 Å². The summed E-state index contributed by atoms with van der Waals surface area (Å²) >= 11 is 0. The van der Waals surface area contributed by atoms with Crippen LogP contribution in [0.5, 0.6) is 0 Å². The van der Waals surface area contributed by atoms with Gasteiger partial charge in [0, 0.05) is 6.61 Å². The summed E-state index contributed by atoms with van der Waals surface area (Å²) in [4.78, 5) is 0. The Bertz CT molecular complexity index is 132. The Morgan fingerprint density at radius 2 is 1.71 bits per heavy atom. The molecule has 2 heteroatoms. The summed E-state index contributed by atoms with van der Waals surface area (Å²) in [6.45, 7) is 2.30. The van der Waals surface area contributed by atoms with Crippen LogP contribution < -0.4 is 0 Å². The van der Waals surface area contributed by atoms with E-state index in [1.165, 1.54) is 0 Å². The van der Waals surface area contributed by atoms with Gasteiger partial charge in [-0.2, -0.15) is 0 Å². The highest BCUT2D eigenvalue weighted by molar-refractivity contribution is 4.81. The highest BCUT2D eigenvalue weighted by Crippen LogP contribution is 2.06. The quantitative estimate of drug-likeness (QED) is 0.444. The maximum Gasteiger partial charge on any atom is 0.0537 e. The van der Waals surface area contributed by atoms with Crippen molar-refractivity contribution in [3.8, 4) is 0 Å². The highest BCUT2D eigenvalue weighted by Gasteiger charge is 1.98. The highest BCUT2D eigenvalue weighted by atomic mass is 16.3. The van der Waals surface area contributed by atoms with Gasteiger partial charge in [0.25, 0.3) is 0 Å².